The minimum atomic E-state index is -4.47. The second kappa shape index (κ2) is 6.75. The molecule has 4 nitrogen and oxygen atoms in total. The molecule has 0 radical (unpaired) electrons. The quantitative estimate of drug-likeness (QED) is 0.886. The molecule has 0 aromatic heterocycles. The molecule has 1 amide bonds. The van der Waals surface area contributed by atoms with Gasteiger partial charge in [0.1, 0.15) is 5.75 Å². The Kier molecular flexibility index (Phi) is 5.18. The Morgan fingerprint density at radius 3 is 2.73 bits per heavy atom. The second-order valence-corrected chi connectivity index (χ2v) is 5.74. The summed E-state index contributed by atoms with van der Waals surface area (Å²) in [5.41, 5.74) is 5.92. The first-order valence-corrected chi connectivity index (χ1v) is 7.18. The van der Waals surface area contributed by atoms with Crippen molar-refractivity contribution in [2.75, 3.05) is 11.9 Å². The monoisotopic (exact) mass is 336 g/mol. The number of amides is 1. The maximum atomic E-state index is 12.3. The molecule has 0 spiro atoms. The maximum absolute atomic E-state index is 12.3. The van der Waals surface area contributed by atoms with E-state index >= 15 is 0 Å². The first kappa shape index (κ1) is 16.9. The van der Waals surface area contributed by atoms with Gasteiger partial charge in [0.05, 0.1) is 5.69 Å². The topological polar surface area (TPSA) is 64.4 Å². The van der Waals surface area contributed by atoms with E-state index in [-0.39, 0.29) is 34.3 Å². The van der Waals surface area contributed by atoms with E-state index in [0.29, 0.717) is 12.8 Å². The number of alkyl halides is 3. The molecule has 1 saturated carbocycles. The van der Waals surface area contributed by atoms with Crippen LogP contribution in [0.4, 0.5) is 18.9 Å². The minimum Gasteiger partial charge on any atom is -0.482 e. The molecule has 0 aliphatic heterocycles. The fourth-order valence-electron chi connectivity index (χ4n) is 2.37. The summed E-state index contributed by atoms with van der Waals surface area (Å²) in [7, 11) is 0. The van der Waals surface area contributed by atoms with Crippen LogP contribution in [0.15, 0.2) is 18.2 Å². The summed E-state index contributed by atoms with van der Waals surface area (Å²) in [4.78, 5) is 12.1. The summed E-state index contributed by atoms with van der Waals surface area (Å²) < 4.78 is 41.5. The zero-order chi connectivity index (χ0) is 16.3. The number of halogens is 4. The molecule has 2 atom stereocenters. The van der Waals surface area contributed by atoms with Crippen LogP contribution < -0.4 is 15.8 Å². The minimum absolute atomic E-state index is 0.0121. The number of ether oxygens (including phenoxy) is 1. The Hall–Kier alpha value is -1.47. The molecule has 1 aliphatic carbocycles. The van der Waals surface area contributed by atoms with E-state index < -0.39 is 12.8 Å². The van der Waals surface area contributed by atoms with E-state index in [0.717, 1.165) is 6.42 Å². The molecule has 0 bridgehead atoms. The van der Waals surface area contributed by atoms with E-state index in [1.165, 1.54) is 18.2 Å². The van der Waals surface area contributed by atoms with Crippen molar-refractivity contribution < 1.29 is 22.7 Å². The fourth-order valence-corrected chi connectivity index (χ4v) is 2.53. The molecule has 8 heteroatoms. The van der Waals surface area contributed by atoms with Crippen molar-refractivity contribution in [1.29, 1.82) is 0 Å². The van der Waals surface area contributed by atoms with E-state index in [9.17, 15) is 18.0 Å². The predicted molar refractivity (Wildman–Crippen MR) is 76.9 cm³/mol. The van der Waals surface area contributed by atoms with Crippen molar-refractivity contribution in [3.63, 3.8) is 0 Å². The molecule has 2 rings (SSSR count). The molecule has 1 aromatic carbocycles. The third kappa shape index (κ3) is 4.78. The highest BCUT2D eigenvalue weighted by atomic mass is 35.5. The second-order valence-electron chi connectivity index (χ2n) is 5.30. The highest BCUT2D eigenvalue weighted by Gasteiger charge is 2.30. The predicted octanol–water partition coefficient (Wildman–Crippen LogP) is 3.35. The van der Waals surface area contributed by atoms with Gasteiger partial charge in [-0.2, -0.15) is 13.2 Å². The fraction of sp³-hybridized carbons (Fsp3) is 0.500. The Morgan fingerprint density at radius 1 is 1.41 bits per heavy atom. The summed E-state index contributed by atoms with van der Waals surface area (Å²) in [6, 6.07) is 4.11. The molecular formula is C14H16ClF3N2O2. The van der Waals surface area contributed by atoms with E-state index in [4.69, 9.17) is 22.1 Å². The average Bonchev–Trinajstić information content (AvgIpc) is 2.85. The van der Waals surface area contributed by atoms with Crippen LogP contribution >= 0.6 is 11.6 Å². The molecule has 1 aromatic rings. The van der Waals surface area contributed by atoms with E-state index in [1.807, 2.05) is 0 Å². The van der Waals surface area contributed by atoms with Crippen molar-refractivity contribution in [3.8, 4) is 5.75 Å². The molecule has 122 valence electrons. The van der Waals surface area contributed by atoms with Gasteiger partial charge in [0.25, 0.3) is 0 Å². The Balaban J connectivity index is 2.07. The standard InChI is InChI=1S/C14H16ClF3N2O2/c15-9-2-4-11(12(6-9)22-7-14(16,17)18)20-13(21)8-1-3-10(19)5-8/h2,4,6,8,10H,1,3,5,7,19H2,(H,20,21). The third-order valence-corrected chi connectivity index (χ3v) is 3.67. The van der Waals surface area contributed by atoms with Crippen LogP contribution in [-0.4, -0.2) is 24.7 Å². The molecule has 1 aliphatic rings. The molecule has 2 unspecified atom stereocenters. The van der Waals surface area contributed by atoms with E-state index in [1.54, 1.807) is 0 Å². The lowest BCUT2D eigenvalue weighted by molar-refractivity contribution is -0.153. The van der Waals surface area contributed by atoms with Crippen molar-refractivity contribution in [3.05, 3.63) is 23.2 Å². The van der Waals surface area contributed by atoms with Crippen molar-refractivity contribution in [2.45, 2.75) is 31.5 Å². The van der Waals surface area contributed by atoms with Gasteiger partial charge in [-0.05, 0) is 31.4 Å². The number of rotatable bonds is 4. The largest absolute Gasteiger partial charge is 0.482 e. The number of nitrogens with two attached hydrogens (primary N) is 1. The zero-order valence-electron chi connectivity index (χ0n) is 11.6. The summed E-state index contributed by atoms with van der Waals surface area (Å²) in [6.07, 6.45) is -2.48. The van der Waals surface area contributed by atoms with E-state index in [2.05, 4.69) is 5.32 Å². The van der Waals surface area contributed by atoms with Gasteiger partial charge in [-0.25, -0.2) is 0 Å². The molecule has 0 heterocycles. The maximum Gasteiger partial charge on any atom is 0.422 e. The third-order valence-electron chi connectivity index (χ3n) is 3.44. The van der Waals surface area contributed by atoms with Gasteiger partial charge in [-0.1, -0.05) is 11.6 Å². The van der Waals surface area contributed by atoms with Crippen LogP contribution in [0, 0.1) is 5.92 Å². The summed E-state index contributed by atoms with van der Waals surface area (Å²) >= 11 is 5.76. The summed E-state index contributed by atoms with van der Waals surface area (Å²) in [6.45, 7) is -1.45. The highest BCUT2D eigenvalue weighted by molar-refractivity contribution is 6.30. The SMILES string of the molecule is NC1CCC(C(=O)Nc2ccc(Cl)cc2OCC(F)(F)F)C1. The lowest BCUT2D eigenvalue weighted by Gasteiger charge is -2.16. The number of nitrogens with one attached hydrogen (secondary N) is 1. The number of carbonyl (C=O) groups is 1. The van der Waals surface area contributed by atoms with Crippen LogP contribution in [0.3, 0.4) is 0 Å². The zero-order valence-corrected chi connectivity index (χ0v) is 12.4. The first-order chi connectivity index (χ1) is 10.2. The Morgan fingerprint density at radius 2 is 2.14 bits per heavy atom. The number of benzene rings is 1. The molecule has 1 fully saturated rings. The van der Waals surface area contributed by atoms with Crippen molar-refractivity contribution in [1.82, 2.24) is 0 Å². The Bertz CT molecular complexity index is 551. The molecule has 0 saturated heterocycles. The van der Waals surface area contributed by atoms with Crippen molar-refractivity contribution >= 4 is 23.2 Å². The van der Waals surface area contributed by atoms with Gasteiger partial charge >= 0.3 is 6.18 Å². The molecular weight excluding hydrogens is 321 g/mol. The van der Waals surface area contributed by atoms with Crippen LogP contribution in [0.5, 0.6) is 5.75 Å². The number of hydrogen-bond donors (Lipinski definition) is 2. The van der Waals surface area contributed by atoms with Gasteiger partial charge in [0, 0.05) is 23.0 Å². The van der Waals surface area contributed by atoms with Crippen molar-refractivity contribution in [2.24, 2.45) is 11.7 Å². The Labute approximate surface area is 130 Å². The van der Waals surface area contributed by atoms with Crippen LogP contribution in [0.2, 0.25) is 5.02 Å². The average molecular weight is 337 g/mol. The van der Waals surface area contributed by atoms with Crippen LogP contribution in [0.25, 0.3) is 0 Å². The lowest BCUT2D eigenvalue weighted by atomic mass is 10.1. The van der Waals surface area contributed by atoms with Gasteiger partial charge in [-0.15, -0.1) is 0 Å². The molecule has 22 heavy (non-hydrogen) atoms. The number of anilines is 1. The smallest absolute Gasteiger partial charge is 0.422 e. The molecule has 3 N–H and O–H groups in total. The lowest BCUT2D eigenvalue weighted by Crippen LogP contribution is -2.24. The van der Waals surface area contributed by atoms with Gasteiger partial charge in [0.2, 0.25) is 5.91 Å². The highest BCUT2D eigenvalue weighted by Crippen LogP contribution is 2.32. The normalized spacial score (nSPS) is 21.7. The van der Waals surface area contributed by atoms with Gasteiger partial charge in [-0.3, -0.25) is 4.79 Å². The van der Waals surface area contributed by atoms with Gasteiger partial charge in [0.15, 0.2) is 6.61 Å². The number of carbonyl (C=O) groups excluding carboxylic acids is 1. The summed E-state index contributed by atoms with van der Waals surface area (Å²) in [5.74, 6) is -0.617. The van der Waals surface area contributed by atoms with Crippen LogP contribution in [-0.2, 0) is 4.79 Å². The number of hydrogen-bond acceptors (Lipinski definition) is 3. The van der Waals surface area contributed by atoms with Gasteiger partial charge < -0.3 is 15.8 Å². The van der Waals surface area contributed by atoms with Crippen LogP contribution in [0.1, 0.15) is 19.3 Å². The summed E-state index contributed by atoms with van der Waals surface area (Å²) in [5, 5.41) is 2.81. The first-order valence-electron chi connectivity index (χ1n) is 6.80.